The predicted molar refractivity (Wildman–Crippen MR) is 115 cm³/mol. The molecule has 4 rings (SSSR count). The van der Waals surface area contributed by atoms with Crippen LogP contribution in [0.1, 0.15) is 38.2 Å². The van der Waals surface area contributed by atoms with Crippen molar-refractivity contribution in [3.8, 4) is 0 Å². The fourth-order valence-corrected chi connectivity index (χ4v) is 3.27. The van der Waals surface area contributed by atoms with Crippen molar-refractivity contribution in [1.82, 2.24) is 15.0 Å². The van der Waals surface area contributed by atoms with Crippen molar-refractivity contribution >= 4 is 29.2 Å². The van der Waals surface area contributed by atoms with Crippen molar-refractivity contribution in [1.29, 1.82) is 0 Å². The van der Waals surface area contributed by atoms with E-state index < -0.39 is 0 Å². The van der Waals surface area contributed by atoms with Gasteiger partial charge in [-0.15, -0.1) is 0 Å². The van der Waals surface area contributed by atoms with Crippen LogP contribution < -0.4 is 15.5 Å². The third-order valence-corrected chi connectivity index (χ3v) is 4.88. The summed E-state index contributed by atoms with van der Waals surface area (Å²) in [5.74, 6) is 2.32. The van der Waals surface area contributed by atoms with E-state index in [0.717, 1.165) is 24.5 Å². The number of para-hydroxylation sites is 1. The second-order valence-corrected chi connectivity index (χ2v) is 7.37. The molecule has 1 aliphatic heterocycles. The Hall–Kier alpha value is -3.15. The van der Waals surface area contributed by atoms with E-state index in [1.807, 2.05) is 30.3 Å². The molecule has 0 radical (unpaired) electrons. The highest BCUT2D eigenvalue weighted by molar-refractivity contribution is 5.59. The second kappa shape index (κ2) is 8.25. The number of nitrogens with zero attached hydrogens (tertiary/aromatic N) is 4. The van der Waals surface area contributed by atoms with Crippen LogP contribution in [-0.4, -0.2) is 28.0 Å². The summed E-state index contributed by atoms with van der Waals surface area (Å²) in [5, 5.41) is 6.62. The summed E-state index contributed by atoms with van der Waals surface area (Å²) in [5.41, 5.74) is 3.23. The van der Waals surface area contributed by atoms with Gasteiger partial charge in [0, 0.05) is 24.5 Å². The highest BCUT2D eigenvalue weighted by atomic mass is 15.3. The molecule has 0 amide bonds. The van der Waals surface area contributed by atoms with Crippen LogP contribution in [0.25, 0.3) is 0 Å². The molecule has 144 valence electrons. The molecule has 6 heteroatoms. The third kappa shape index (κ3) is 4.39. The molecular formula is C22H26N6. The lowest BCUT2D eigenvalue weighted by Gasteiger charge is -2.17. The fraction of sp³-hybridized carbons (Fsp3) is 0.318. The first-order chi connectivity index (χ1) is 13.7. The quantitative estimate of drug-likeness (QED) is 0.627. The number of rotatable bonds is 6. The smallest absolute Gasteiger partial charge is 0.233 e. The normalized spacial score (nSPS) is 13.8. The number of nitrogens with one attached hydrogen (secondary N) is 2. The minimum Gasteiger partial charge on any atom is -0.341 e. The maximum Gasteiger partial charge on any atom is 0.233 e. The molecule has 1 aromatic heterocycles. The minimum absolute atomic E-state index is 0.509. The van der Waals surface area contributed by atoms with Crippen molar-refractivity contribution in [2.75, 3.05) is 28.6 Å². The Balaban J connectivity index is 1.61. The van der Waals surface area contributed by atoms with Crippen LogP contribution in [0.3, 0.4) is 0 Å². The maximum absolute atomic E-state index is 4.66. The molecular weight excluding hydrogens is 348 g/mol. The number of aromatic nitrogens is 3. The molecule has 2 N–H and O–H groups in total. The van der Waals surface area contributed by atoms with Gasteiger partial charge < -0.3 is 15.5 Å². The van der Waals surface area contributed by atoms with E-state index in [-0.39, 0.29) is 0 Å². The SMILES string of the molecule is CC(C)c1ccc(Nc2nc(Nc3ccccc3)nc(N3CCCC3)n2)cc1. The van der Waals surface area contributed by atoms with Gasteiger partial charge in [0.25, 0.3) is 0 Å². The molecule has 28 heavy (non-hydrogen) atoms. The fourth-order valence-electron chi connectivity index (χ4n) is 3.27. The number of hydrogen-bond donors (Lipinski definition) is 2. The van der Waals surface area contributed by atoms with E-state index in [1.165, 1.54) is 18.4 Å². The first-order valence-electron chi connectivity index (χ1n) is 9.87. The number of anilines is 5. The van der Waals surface area contributed by atoms with Gasteiger partial charge in [-0.3, -0.25) is 0 Å². The van der Waals surface area contributed by atoms with Gasteiger partial charge in [-0.1, -0.05) is 44.2 Å². The van der Waals surface area contributed by atoms with Crippen LogP contribution in [0.5, 0.6) is 0 Å². The van der Waals surface area contributed by atoms with Crippen LogP contribution in [0, 0.1) is 0 Å². The second-order valence-electron chi connectivity index (χ2n) is 7.37. The van der Waals surface area contributed by atoms with Gasteiger partial charge in [0.1, 0.15) is 0 Å². The summed E-state index contributed by atoms with van der Waals surface area (Å²) in [6.07, 6.45) is 2.35. The van der Waals surface area contributed by atoms with Crippen molar-refractivity contribution in [2.45, 2.75) is 32.6 Å². The molecule has 2 aromatic carbocycles. The molecule has 2 heterocycles. The lowest BCUT2D eigenvalue weighted by Crippen LogP contribution is -2.21. The van der Waals surface area contributed by atoms with Crippen molar-refractivity contribution in [3.05, 3.63) is 60.2 Å². The molecule has 6 nitrogen and oxygen atoms in total. The third-order valence-electron chi connectivity index (χ3n) is 4.88. The molecule has 1 saturated heterocycles. The van der Waals surface area contributed by atoms with Gasteiger partial charge in [-0.2, -0.15) is 15.0 Å². The Labute approximate surface area is 166 Å². The summed E-state index contributed by atoms with van der Waals surface area (Å²) in [7, 11) is 0. The average molecular weight is 374 g/mol. The molecule has 0 bridgehead atoms. The van der Waals surface area contributed by atoms with Crippen molar-refractivity contribution < 1.29 is 0 Å². The Morgan fingerprint density at radius 2 is 1.32 bits per heavy atom. The average Bonchev–Trinajstić information content (AvgIpc) is 3.24. The lowest BCUT2D eigenvalue weighted by atomic mass is 10.0. The first kappa shape index (κ1) is 18.2. The van der Waals surface area contributed by atoms with Crippen LogP contribution in [0.15, 0.2) is 54.6 Å². The summed E-state index contributed by atoms with van der Waals surface area (Å²) < 4.78 is 0. The minimum atomic E-state index is 0.509. The van der Waals surface area contributed by atoms with Gasteiger partial charge in [-0.05, 0) is 48.6 Å². The van der Waals surface area contributed by atoms with E-state index in [1.54, 1.807) is 0 Å². The summed E-state index contributed by atoms with van der Waals surface area (Å²) in [4.78, 5) is 16.1. The summed E-state index contributed by atoms with van der Waals surface area (Å²) >= 11 is 0. The maximum atomic E-state index is 4.66. The topological polar surface area (TPSA) is 66.0 Å². The van der Waals surface area contributed by atoms with Crippen LogP contribution in [0.2, 0.25) is 0 Å². The van der Waals surface area contributed by atoms with E-state index in [2.05, 4.69) is 68.6 Å². The molecule has 0 unspecified atom stereocenters. The highest BCUT2D eigenvalue weighted by Crippen LogP contribution is 2.23. The van der Waals surface area contributed by atoms with E-state index in [4.69, 9.17) is 0 Å². The van der Waals surface area contributed by atoms with Crippen molar-refractivity contribution in [2.24, 2.45) is 0 Å². The van der Waals surface area contributed by atoms with Crippen LogP contribution in [-0.2, 0) is 0 Å². The summed E-state index contributed by atoms with van der Waals surface area (Å²) in [6.45, 7) is 6.35. The molecule has 1 aliphatic rings. The zero-order valence-corrected chi connectivity index (χ0v) is 16.4. The lowest BCUT2D eigenvalue weighted by molar-refractivity contribution is 0.867. The molecule has 1 fully saturated rings. The van der Waals surface area contributed by atoms with Gasteiger partial charge in [-0.25, -0.2) is 0 Å². The Morgan fingerprint density at radius 3 is 1.89 bits per heavy atom. The summed E-state index contributed by atoms with van der Waals surface area (Å²) in [6, 6.07) is 18.4. The van der Waals surface area contributed by atoms with Crippen molar-refractivity contribution in [3.63, 3.8) is 0 Å². The molecule has 3 aromatic rings. The van der Waals surface area contributed by atoms with Gasteiger partial charge in [0.05, 0.1) is 0 Å². The molecule has 0 saturated carbocycles. The van der Waals surface area contributed by atoms with Gasteiger partial charge >= 0.3 is 0 Å². The van der Waals surface area contributed by atoms with Gasteiger partial charge in [0.2, 0.25) is 17.8 Å². The van der Waals surface area contributed by atoms with E-state index in [0.29, 0.717) is 23.8 Å². The highest BCUT2D eigenvalue weighted by Gasteiger charge is 2.17. The Bertz CT molecular complexity index is 902. The molecule has 0 atom stereocenters. The monoisotopic (exact) mass is 374 g/mol. The Kier molecular flexibility index (Phi) is 5.37. The van der Waals surface area contributed by atoms with E-state index >= 15 is 0 Å². The first-order valence-corrected chi connectivity index (χ1v) is 9.87. The molecule has 0 aliphatic carbocycles. The molecule has 0 spiro atoms. The zero-order chi connectivity index (χ0) is 19.3. The predicted octanol–water partition coefficient (Wildman–Crippen LogP) is 5.08. The van der Waals surface area contributed by atoms with Crippen LogP contribution >= 0.6 is 0 Å². The number of benzene rings is 2. The van der Waals surface area contributed by atoms with Gasteiger partial charge in [0.15, 0.2) is 0 Å². The van der Waals surface area contributed by atoms with E-state index in [9.17, 15) is 0 Å². The number of hydrogen-bond acceptors (Lipinski definition) is 6. The zero-order valence-electron chi connectivity index (χ0n) is 16.4. The largest absolute Gasteiger partial charge is 0.341 e. The van der Waals surface area contributed by atoms with Crippen LogP contribution in [0.4, 0.5) is 29.2 Å². The Morgan fingerprint density at radius 1 is 0.750 bits per heavy atom. The standard InChI is InChI=1S/C22H26N6/c1-16(2)17-10-12-19(13-11-17)24-21-25-20(23-18-8-4-3-5-9-18)26-22(27-21)28-14-6-7-15-28/h3-5,8-13,16H,6-7,14-15H2,1-2H3,(H2,23,24,25,26,27).